The highest BCUT2D eigenvalue weighted by molar-refractivity contribution is 6.31. The van der Waals surface area contributed by atoms with Crippen LogP contribution < -0.4 is 4.74 Å². The van der Waals surface area contributed by atoms with Gasteiger partial charge >= 0.3 is 0 Å². The molecule has 1 amide bonds. The lowest BCUT2D eigenvalue weighted by atomic mass is 10.1. The number of carbonyl (C=O) groups is 1. The van der Waals surface area contributed by atoms with Crippen molar-refractivity contribution in [2.45, 2.75) is 6.54 Å². The molecule has 2 aromatic rings. The molecule has 3 rings (SSSR count). The number of benzene rings is 1. The Hall–Kier alpha value is -2.58. The summed E-state index contributed by atoms with van der Waals surface area (Å²) in [6.45, 7) is 0.558. The molecule has 0 aliphatic carbocycles. The average Bonchev–Trinajstić information content (AvgIpc) is 2.76. The average molecular weight is 300 g/mol. The van der Waals surface area contributed by atoms with Crippen LogP contribution in [0, 0.1) is 11.3 Å². The highest BCUT2D eigenvalue weighted by Gasteiger charge is 2.24. The van der Waals surface area contributed by atoms with Crippen LogP contribution >= 0.6 is 11.6 Å². The van der Waals surface area contributed by atoms with Crippen molar-refractivity contribution in [2.24, 2.45) is 0 Å². The molecule has 0 fully saturated rings. The first-order valence-electron chi connectivity index (χ1n) is 6.21. The van der Waals surface area contributed by atoms with Gasteiger partial charge in [0.05, 0.1) is 5.02 Å². The fourth-order valence-electron chi connectivity index (χ4n) is 2.19. The van der Waals surface area contributed by atoms with Gasteiger partial charge in [0.2, 0.25) is 5.88 Å². The third-order valence-corrected chi connectivity index (χ3v) is 3.52. The van der Waals surface area contributed by atoms with Crippen molar-refractivity contribution in [1.29, 1.82) is 5.26 Å². The van der Waals surface area contributed by atoms with E-state index in [0.717, 1.165) is 5.56 Å². The third kappa shape index (κ3) is 2.41. The summed E-state index contributed by atoms with van der Waals surface area (Å²) in [5, 5.41) is 9.18. The first-order chi connectivity index (χ1) is 10.1. The van der Waals surface area contributed by atoms with Gasteiger partial charge in [-0.3, -0.25) is 4.79 Å². The van der Waals surface area contributed by atoms with Crippen LogP contribution in [-0.4, -0.2) is 22.8 Å². The second-order valence-corrected chi connectivity index (χ2v) is 5.08. The van der Waals surface area contributed by atoms with E-state index >= 15 is 0 Å². The molecule has 0 saturated carbocycles. The van der Waals surface area contributed by atoms with E-state index < -0.39 is 0 Å². The summed E-state index contributed by atoms with van der Waals surface area (Å²) in [7, 11) is 1.75. The molecule has 0 radical (unpaired) electrons. The lowest BCUT2D eigenvalue weighted by Gasteiger charge is -2.06. The molecule has 1 aliphatic rings. The van der Waals surface area contributed by atoms with Crippen LogP contribution in [0.3, 0.4) is 0 Å². The summed E-state index contributed by atoms with van der Waals surface area (Å²) in [5.74, 6) is 0.858. The summed E-state index contributed by atoms with van der Waals surface area (Å²) in [6.07, 6.45) is 0. The van der Waals surface area contributed by atoms with Crippen LogP contribution in [0.25, 0.3) is 0 Å². The Bertz CT molecular complexity index is 783. The van der Waals surface area contributed by atoms with Crippen LogP contribution in [-0.2, 0) is 6.54 Å². The fourth-order valence-corrected chi connectivity index (χ4v) is 2.33. The van der Waals surface area contributed by atoms with E-state index in [2.05, 4.69) is 4.98 Å². The van der Waals surface area contributed by atoms with E-state index in [9.17, 15) is 4.79 Å². The van der Waals surface area contributed by atoms with Gasteiger partial charge in [-0.05, 0) is 29.8 Å². The van der Waals surface area contributed by atoms with E-state index in [-0.39, 0.29) is 22.5 Å². The Morgan fingerprint density at radius 3 is 2.95 bits per heavy atom. The van der Waals surface area contributed by atoms with Crippen molar-refractivity contribution in [3.05, 3.63) is 52.2 Å². The minimum Gasteiger partial charge on any atom is -0.439 e. The predicted molar refractivity (Wildman–Crippen MR) is 76.3 cm³/mol. The van der Waals surface area contributed by atoms with E-state index in [0.29, 0.717) is 17.9 Å². The highest BCUT2D eigenvalue weighted by atomic mass is 35.5. The maximum absolute atomic E-state index is 11.8. The summed E-state index contributed by atoms with van der Waals surface area (Å²) in [5.41, 5.74) is 1.71. The van der Waals surface area contributed by atoms with E-state index in [1.165, 1.54) is 0 Å². The molecule has 0 unspecified atom stereocenters. The second-order valence-electron chi connectivity index (χ2n) is 4.67. The third-order valence-electron chi connectivity index (χ3n) is 3.21. The van der Waals surface area contributed by atoms with E-state index in [1.54, 1.807) is 42.3 Å². The number of amides is 1. The van der Waals surface area contributed by atoms with Crippen molar-refractivity contribution < 1.29 is 9.53 Å². The topological polar surface area (TPSA) is 66.2 Å². The minimum atomic E-state index is 0.00735. The molecule has 2 heterocycles. The number of fused-ring (bicyclic) bond motifs is 1. The molecular weight excluding hydrogens is 290 g/mol. The number of aromatic nitrogens is 1. The number of ether oxygens (including phenoxy) is 1. The largest absolute Gasteiger partial charge is 0.439 e. The molecule has 0 spiro atoms. The normalized spacial score (nSPS) is 13.0. The molecule has 0 saturated heterocycles. The maximum Gasteiger partial charge on any atom is 0.254 e. The quantitative estimate of drug-likeness (QED) is 0.855. The van der Waals surface area contributed by atoms with Crippen LogP contribution in [0.1, 0.15) is 21.6 Å². The van der Waals surface area contributed by atoms with Crippen LogP contribution in [0.4, 0.5) is 0 Å². The standard InChI is InChI=1S/C15H10ClN3O2/c1-19-8-9-6-10(2-3-11(9)15(19)20)21-14-5-4-12(16)13(7-17)18-14/h2-6H,8H2,1H3. The van der Waals surface area contributed by atoms with Gasteiger partial charge < -0.3 is 9.64 Å². The Morgan fingerprint density at radius 1 is 1.38 bits per heavy atom. The molecule has 104 valence electrons. The number of hydrogen-bond donors (Lipinski definition) is 0. The Balaban J connectivity index is 1.89. The van der Waals surface area contributed by atoms with Gasteiger partial charge in [-0.2, -0.15) is 5.26 Å². The lowest BCUT2D eigenvalue weighted by Crippen LogP contribution is -2.17. The molecule has 1 aliphatic heterocycles. The summed E-state index contributed by atoms with van der Waals surface area (Å²) in [6, 6.07) is 10.3. The number of carbonyl (C=O) groups excluding carboxylic acids is 1. The minimum absolute atomic E-state index is 0.00735. The van der Waals surface area contributed by atoms with Gasteiger partial charge in [-0.25, -0.2) is 4.98 Å². The molecule has 5 nitrogen and oxygen atoms in total. The Labute approximate surface area is 126 Å². The van der Waals surface area contributed by atoms with Crippen molar-refractivity contribution in [3.63, 3.8) is 0 Å². The van der Waals surface area contributed by atoms with Gasteiger partial charge in [-0.15, -0.1) is 0 Å². The van der Waals surface area contributed by atoms with Crippen molar-refractivity contribution in [2.75, 3.05) is 7.05 Å². The summed E-state index contributed by atoms with van der Waals surface area (Å²) in [4.78, 5) is 17.5. The first-order valence-corrected chi connectivity index (χ1v) is 6.59. The van der Waals surface area contributed by atoms with Crippen LogP contribution in [0.2, 0.25) is 5.02 Å². The van der Waals surface area contributed by atoms with Crippen LogP contribution in [0.15, 0.2) is 30.3 Å². The van der Waals surface area contributed by atoms with Gasteiger partial charge in [0.15, 0.2) is 5.69 Å². The molecule has 6 heteroatoms. The highest BCUT2D eigenvalue weighted by Crippen LogP contribution is 2.28. The maximum atomic E-state index is 11.8. The summed E-state index contributed by atoms with van der Waals surface area (Å²) >= 11 is 5.82. The molecule has 1 aromatic carbocycles. The Kier molecular flexibility index (Phi) is 3.24. The zero-order valence-corrected chi connectivity index (χ0v) is 11.9. The first kappa shape index (κ1) is 13.4. The lowest BCUT2D eigenvalue weighted by molar-refractivity contribution is 0.0816. The van der Waals surface area contributed by atoms with Crippen molar-refractivity contribution >= 4 is 17.5 Å². The SMILES string of the molecule is CN1Cc2cc(Oc3ccc(Cl)c(C#N)n3)ccc2C1=O. The molecule has 0 N–H and O–H groups in total. The van der Waals surface area contributed by atoms with Crippen LogP contribution in [0.5, 0.6) is 11.6 Å². The monoisotopic (exact) mass is 299 g/mol. The predicted octanol–water partition coefficient (Wildman–Crippen LogP) is 2.98. The number of nitriles is 1. The van der Waals surface area contributed by atoms with Crippen molar-refractivity contribution in [3.8, 4) is 17.7 Å². The van der Waals surface area contributed by atoms with E-state index in [4.69, 9.17) is 21.6 Å². The summed E-state index contributed by atoms with van der Waals surface area (Å²) < 4.78 is 5.62. The van der Waals surface area contributed by atoms with Gasteiger partial charge in [0, 0.05) is 25.2 Å². The zero-order valence-electron chi connectivity index (χ0n) is 11.1. The molecule has 0 atom stereocenters. The molecule has 21 heavy (non-hydrogen) atoms. The van der Waals surface area contributed by atoms with E-state index in [1.807, 2.05) is 6.07 Å². The zero-order chi connectivity index (χ0) is 15.0. The van der Waals surface area contributed by atoms with Gasteiger partial charge in [0.1, 0.15) is 11.8 Å². The molecular formula is C15H10ClN3O2. The number of nitrogens with zero attached hydrogens (tertiary/aromatic N) is 3. The van der Waals surface area contributed by atoms with Gasteiger partial charge in [-0.1, -0.05) is 11.6 Å². The smallest absolute Gasteiger partial charge is 0.254 e. The number of rotatable bonds is 2. The Morgan fingerprint density at radius 2 is 2.19 bits per heavy atom. The molecule has 0 bridgehead atoms. The number of hydrogen-bond acceptors (Lipinski definition) is 4. The van der Waals surface area contributed by atoms with Crippen molar-refractivity contribution in [1.82, 2.24) is 9.88 Å². The number of halogens is 1. The fraction of sp³-hybridized carbons (Fsp3) is 0.133. The number of pyridine rings is 1. The van der Waals surface area contributed by atoms with Gasteiger partial charge in [0.25, 0.3) is 5.91 Å². The second kappa shape index (κ2) is 5.08. The molecule has 1 aromatic heterocycles.